The summed E-state index contributed by atoms with van der Waals surface area (Å²) >= 11 is 0. The van der Waals surface area contributed by atoms with Crippen LogP contribution in [0.15, 0.2) is 18.2 Å². The number of halogens is 4. The van der Waals surface area contributed by atoms with Gasteiger partial charge in [-0.05, 0) is 6.07 Å². The first kappa shape index (κ1) is 14.5. The van der Waals surface area contributed by atoms with E-state index in [9.17, 15) is 13.2 Å². The molecule has 0 N–H and O–H groups in total. The summed E-state index contributed by atoms with van der Waals surface area (Å²) in [5.41, 5.74) is -0.898. The lowest BCUT2D eigenvalue weighted by molar-refractivity contribution is -0.137. The van der Waals surface area contributed by atoms with E-state index in [2.05, 4.69) is 4.98 Å². The Morgan fingerprint density at radius 1 is 1.25 bits per heavy atom. The van der Waals surface area contributed by atoms with Crippen LogP contribution < -0.4 is 17.3 Å². The lowest BCUT2D eigenvalue weighted by Gasteiger charge is -2.17. The number of hydrogen-bond acceptors (Lipinski definition) is 2. The molecule has 0 aromatic heterocycles. The van der Waals surface area contributed by atoms with Crippen molar-refractivity contribution in [1.82, 2.24) is 0 Å². The Kier molecular flexibility index (Phi) is 4.57. The van der Waals surface area contributed by atoms with Crippen LogP contribution in [0.3, 0.4) is 0 Å². The highest BCUT2D eigenvalue weighted by atomic mass is 35.5. The van der Waals surface area contributed by atoms with E-state index in [4.69, 9.17) is 5.39 Å². The van der Waals surface area contributed by atoms with Gasteiger partial charge in [0.1, 0.15) is 0 Å². The Bertz CT molecular complexity index is 409. The van der Waals surface area contributed by atoms with Gasteiger partial charge in [0.15, 0.2) is 4.98 Å². The van der Waals surface area contributed by atoms with Crippen LogP contribution in [0.2, 0.25) is 0 Å². The first-order valence-electron chi connectivity index (χ1n) is 4.10. The van der Waals surface area contributed by atoms with Crippen LogP contribution in [0, 0.1) is 5.39 Å². The maximum atomic E-state index is 12.6. The van der Waals surface area contributed by atoms with E-state index in [1.807, 2.05) is 0 Å². The Morgan fingerprint density at radius 3 is 2.19 bits per heavy atom. The molecule has 0 bridgehead atoms. The van der Waals surface area contributed by atoms with Gasteiger partial charge in [-0.2, -0.15) is 13.2 Å². The number of hydrogen-bond donors (Lipinski definition) is 0. The van der Waals surface area contributed by atoms with E-state index in [1.54, 1.807) is 0 Å². The van der Waals surface area contributed by atoms with E-state index in [-0.39, 0.29) is 23.8 Å². The van der Waals surface area contributed by atoms with Gasteiger partial charge in [0.25, 0.3) is 0 Å². The van der Waals surface area contributed by atoms with Crippen molar-refractivity contribution in [3.63, 3.8) is 0 Å². The van der Waals surface area contributed by atoms with Gasteiger partial charge < -0.3 is 17.3 Å². The van der Waals surface area contributed by atoms with Gasteiger partial charge in [-0.1, -0.05) is 0 Å². The van der Waals surface area contributed by atoms with E-state index in [0.29, 0.717) is 0 Å². The Morgan fingerprint density at radius 2 is 1.81 bits per heavy atom. The molecule has 16 heavy (non-hydrogen) atoms. The quantitative estimate of drug-likeness (QED) is 0.671. The monoisotopic (exact) mass is 251 g/mol. The Labute approximate surface area is 96.9 Å². The van der Waals surface area contributed by atoms with Crippen LogP contribution in [0.5, 0.6) is 0 Å². The molecule has 0 radical (unpaired) electrons. The minimum Gasteiger partial charge on any atom is -1.00 e. The smallest absolute Gasteiger partial charge is 0.418 e. The van der Waals surface area contributed by atoms with Crippen LogP contribution in [0.25, 0.3) is 4.98 Å². The lowest BCUT2D eigenvalue weighted by Crippen LogP contribution is -3.00. The third-order valence-electron chi connectivity index (χ3n) is 1.88. The largest absolute Gasteiger partial charge is 1.00 e. The summed E-state index contributed by atoms with van der Waals surface area (Å²) in [6, 6.07) is 3.37. The molecule has 0 saturated heterocycles. The molecule has 0 aliphatic heterocycles. The van der Waals surface area contributed by atoms with Gasteiger partial charge in [0.05, 0.1) is 5.56 Å². The number of alkyl halides is 3. The molecule has 0 atom stereocenters. The molecule has 3 nitrogen and oxygen atoms in total. The molecule has 0 amide bonds. The van der Waals surface area contributed by atoms with Crippen LogP contribution in [0.1, 0.15) is 5.56 Å². The predicted molar refractivity (Wildman–Crippen MR) is 50.5 cm³/mol. The van der Waals surface area contributed by atoms with Crippen molar-refractivity contribution >= 4 is 11.4 Å². The maximum absolute atomic E-state index is 12.6. The number of benzene rings is 1. The highest BCUT2D eigenvalue weighted by Gasteiger charge is 2.35. The molecule has 0 aliphatic rings. The van der Waals surface area contributed by atoms with Crippen molar-refractivity contribution in [3.8, 4) is 0 Å². The Hall–Kier alpha value is -1.48. The van der Waals surface area contributed by atoms with E-state index in [1.165, 1.54) is 31.1 Å². The summed E-state index contributed by atoms with van der Waals surface area (Å²) in [5.74, 6) is 0. The first-order valence-corrected chi connectivity index (χ1v) is 4.10. The Balaban J connectivity index is 0.00000225. The van der Waals surface area contributed by atoms with Gasteiger partial charge in [-0.15, -0.1) is 0 Å². The molecule has 1 aromatic carbocycles. The number of rotatable bonds is 1. The highest BCUT2D eigenvalue weighted by molar-refractivity contribution is 5.61. The van der Waals surface area contributed by atoms with Crippen molar-refractivity contribution in [3.05, 3.63) is 28.7 Å². The summed E-state index contributed by atoms with van der Waals surface area (Å²) in [7, 11) is 3.03. The second-order valence-corrected chi connectivity index (χ2v) is 3.19. The normalized spacial score (nSPS) is 10.2. The molecule has 0 fully saturated rings. The number of nitrogens with zero attached hydrogens (tertiary/aromatic N) is 3. The summed E-state index contributed by atoms with van der Waals surface area (Å²) < 4.78 is 37.7. The first-order chi connectivity index (χ1) is 6.86. The summed E-state index contributed by atoms with van der Waals surface area (Å²) in [6.45, 7) is 0. The predicted octanol–water partition coefficient (Wildman–Crippen LogP) is 0.260. The SMILES string of the molecule is CN(C)c1ccc([N+]#N)cc1C(F)(F)F.[Cl-]. The van der Waals surface area contributed by atoms with Gasteiger partial charge in [0, 0.05) is 31.9 Å². The van der Waals surface area contributed by atoms with Crippen LogP contribution >= 0.6 is 0 Å². The minimum absolute atomic E-state index is 0. The average Bonchev–Trinajstić information content (AvgIpc) is 2.15. The van der Waals surface area contributed by atoms with Crippen LogP contribution in [-0.4, -0.2) is 14.1 Å². The summed E-state index contributed by atoms with van der Waals surface area (Å²) in [5, 5.41) is 8.40. The summed E-state index contributed by atoms with van der Waals surface area (Å²) in [4.78, 5) is 4.08. The maximum Gasteiger partial charge on any atom is 0.418 e. The standard InChI is InChI=1S/C9H9F3N3.ClH/c1-15(2)8-4-3-6(14-13)5-7(8)9(10,11)12;/h3-5H,1-2H3;1H/q+1;/p-1. The third-order valence-corrected chi connectivity index (χ3v) is 1.88. The fraction of sp³-hybridized carbons (Fsp3) is 0.333. The summed E-state index contributed by atoms with van der Waals surface area (Å²) in [6.07, 6.45) is -4.46. The van der Waals surface area contributed by atoms with Crippen molar-refractivity contribution in [2.24, 2.45) is 0 Å². The molecule has 1 aromatic rings. The molecule has 1 rings (SSSR count). The van der Waals surface area contributed by atoms with E-state index < -0.39 is 11.7 Å². The molecular formula is C9H9ClF3N3. The fourth-order valence-electron chi connectivity index (χ4n) is 1.20. The molecule has 0 spiro atoms. The average molecular weight is 252 g/mol. The van der Waals surface area contributed by atoms with Crippen molar-refractivity contribution in [2.45, 2.75) is 6.18 Å². The zero-order valence-corrected chi connectivity index (χ0v) is 9.34. The molecule has 0 unspecified atom stereocenters. The zero-order chi connectivity index (χ0) is 11.6. The van der Waals surface area contributed by atoms with E-state index >= 15 is 0 Å². The zero-order valence-electron chi connectivity index (χ0n) is 8.59. The van der Waals surface area contributed by atoms with Gasteiger partial charge in [0.2, 0.25) is 5.39 Å². The van der Waals surface area contributed by atoms with Gasteiger partial charge in [-0.25, -0.2) is 0 Å². The third kappa shape index (κ3) is 3.00. The number of diazo groups is 1. The van der Waals surface area contributed by atoms with Crippen molar-refractivity contribution < 1.29 is 25.6 Å². The van der Waals surface area contributed by atoms with Crippen molar-refractivity contribution in [2.75, 3.05) is 19.0 Å². The lowest BCUT2D eigenvalue weighted by atomic mass is 10.1. The highest BCUT2D eigenvalue weighted by Crippen LogP contribution is 2.38. The molecule has 0 saturated carbocycles. The molecule has 0 heterocycles. The minimum atomic E-state index is -4.46. The molecule has 88 valence electrons. The molecular weight excluding hydrogens is 243 g/mol. The van der Waals surface area contributed by atoms with Gasteiger partial charge >= 0.3 is 11.9 Å². The second kappa shape index (κ2) is 5.03. The van der Waals surface area contributed by atoms with Crippen molar-refractivity contribution in [1.29, 1.82) is 5.39 Å². The topological polar surface area (TPSA) is 31.4 Å². The van der Waals surface area contributed by atoms with E-state index in [0.717, 1.165) is 6.07 Å². The second-order valence-electron chi connectivity index (χ2n) is 3.19. The number of anilines is 1. The van der Waals surface area contributed by atoms with Crippen LogP contribution in [-0.2, 0) is 6.18 Å². The van der Waals surface area contributed by atoms with Crippen LogP contribution in [0.4, 0.5) is 24.5 Å². The molecule has 7 heteroatoms. The fourth-order valence-corrected chi connectivity index (χ4v) is 1.20. The molecule has 0 aliphatic carbocycles. The van der Waals surface area contributed by atoms with Gasteiger partial charge in [-0.3, -0.25) is 0 Å².